The topological polar surface area (TPSA) is 44.2 Å². The number of unbranched alkanes of at least 4 members (excludes halogenated alkanes) is 1. The van der Waals surface area contributed by atoms with Crippen LogP contribution in [0.4, 0.5) is 8.78 Å². The fourth-order valence-corrected chi connectivity index (χ4v) is 2.61. The second kappa shape index (κ2) is 8.84. The number of nitrogens with zero attached hydrogens (tertiary/aromatic N) is 2. The molecule has 1 fully saturated rings. The van der Waals surface area contributed by atoms with Crippen LogP contribution in [0.5, 0.6) is 0 Å². The van der Waals surface area contributed by atoms with E-state index in [0.29, 0.717) is 36.1 Å². The maximum Gasteiger partial charge on any atom is 0.222 e. The van der Waals surface area contributed by atoms with Crippen molar-refractivity contribution in [2.24, 2.45) is 5.92 Å². The number of halogens is 2. The molecule has 1 aromatic carbocycles. The molecule has 0 N–H and O–H groups in total. The molecule has 1 aliphatic rings. The Balaban J connectivity index is 1.58. The van der Waals surface area contributed by atoms with Gasteiger partial charge in [-0.25, -0.2) is 18.7 Å². The maximum absolute atomic E-state index is 13.3. The highest BCUT2D eigenvalue weighted by atomic mass is 19.2. The van der Waals surface area contributed by atoms with Gasteiger partial charge in [0.05, 0.1) is 18.8 Å². The smallest absolute Gasteiger partial charge is 0.222 e. The van der Waals surface area contributed by atoms with E-state index in [1.165, 1.54) is 31.3 Å². The third kappa shape index (κ3) is 4.84. The lowest BCUT2D eigenvalue weighted by molar-refractivity contribution is -0.170. The van der Waals surface area contributed by atoms with Crippen molar-refractivity contribution < 1.29 is 18.3 Å². The minimum absolute atomic E-state index is 0.304. The van der Waals surface area contributed by atoms with Gasteiger partial charge in [-0.1, -0.05) is 25.7 Å². The first-order valence-electron chi connectivity index (χ1n) is 8.68. The Labute approximate surface area is 151 Å². The van der Waals surface area contributed by atoms with E-state index in [0.717, 1.165) is 18.6 Å². The molecule has 1 aliphatic heterocycles. The van der Waals surface area contributed by atoms with Crippen LogP contribution in [0.25, 0.3) is 11.4 Å². The van der Waals surface area contributed by atoms with Crippen molar-refractivity contribution in [3.05, 3.63) is 47.8 Å². The van der Waals surface area contributed by atoms with E-state index in [1.54, 1.807) is 0 Å². The summed E-state index contributed by atoms with van der Waals surface area (Å²) in [5.74, 6) is 4.73. The molecule has 0 bridgehead atoms. The number of benzene rings is 1. The predicted molar refractivity (Wildman–Crippen MR) is 93.0 cm³/mol. The summed E-state index contributed by atoms with van der Waals surface area (Å²) < 4.78 is 37.5. The molecule has 26 heavy (non-hydrogen) atoms. The fourth-order valence-electron chi connectivity index (χ4n) is 2.61. The molecule has 6 heteroatoms. The van der Waals surface area contributed by atoms with Gasteiger partial charge in [0.25, 0.3) is 0 Å². The molecule has 0 radical (unpaired) electrons. The number of ether oxygens (including phenoxy) is 2. The summed E-state index contributed by atoms with van der Waals surface area (Å²) in [5, 5.41) is 0. The Kier molecular flexibility index (Phi) is 6.26. The highest BCUT2D eigenvalue weighted by Crippen LogP contribution is 2.18. The van der Waals surface area contributed by atoms with E-state index in [1.807, 2.05) is 0 Å². The maximum atomic E-state index is 13.3. The Morgan fingerprint density at radius 2 is 1.85 bits per heavy atom. The number of aromatic nitrogens is 2. The Morgan fingerprint density at radius 3 is 2.50 bits per heavy atom. The Morgan fingerprint density at radius 1 is 1.12 bits per heavy atom. The summed E-state index contributed by atoms with van der Waals surface area (Å²) in [4.78, 5) is 8.29. The van der Waals surface area contributed by atoms with Gasteiger partial charge in [-0.15, -0.1) is 0 Å². The molecule has 0 saturated carbocycles. The van der Waals surface area contributed by atoms with Crippen molar-refractivity contribution in [1.82, 2.24) is 9.97 Å². The normalized spacial score (nSPS) is 19.7. The fraction of sp³-hybridized carbons (Fsp3) is 0.400. The van der Waals surface area contributed by atoms with E-state index in [4.69, 9.17) is 9.47 Å². The molecule has 3 rings (SSSR count). The molecule has 0 atom stereocenters. The molecule has 0 amide bonds. The Hall–Kier alpha value is -2.36. The molecule has 1 saturated heterocycles. The average Bonchev–Trinajstić information content (AvgIpc) is 2.68. The zero-order valence-electron chi connectivity index (χ0n) is 14.5. The first kappa shape index (κ1) is 18.4. The van der Waals surface area contributed by atoms with Crippen LogP contribution < -0.4 is 0 Å². The number of rotatable bonds is 4. The summed E-state index contributed by atoms with van der Waals surface area (Å²) in [6.45, 7) is 3.48. The largest absolute Gasteiger partial charge is 0.342 e. The molecule has 0 unspecified atom stereocenters. The van der Waals surface area contributed by atoms with Crippen molar-refractivity contribution in [3.63, 3.8) is 0 Å². The lowest BCUT2D eigenvalue weighted by atomic mass is 10.0. The lowest BCUT2D eigenvalue weighted by Gasteiger charge is -2.26. The summed E-state index contributed by atoms with van der Waals surface area (Å²) in [7, 11) is 0. The monoisotopic (exact) mass is 358 g/mol. The second-order valence-corrected chi connectivity index (χ2v) is 6.20. The van der Waals surface area contributed by atoms with Crippen LogP contribution >= 0.6 is 0 Å². The molecular formula is C20H20F2N2O2. The zero-order chi connectivity index (χ0) is 18.4. The molecule has 1 aromatic heterocycles. The Bertz CT molecular complexity index is 792. The van der Waals surface area contributed by atoms with Gasteiger partial charge < -0.3 is 9.47 Å². The standard InChI is InChI=1S/C20H20F2N2O2/c1-2-3-4-15-12-25-19(26-13-15)8-5-14-10-23-20(24-11-14)16-6-7-17(21)18(22)9-16/h6-7,9-11,15,19H,2-4,12-13H2,1H3/t15-,19-. The quantitative estimate of drug-likeness (QED) is 0.776. The number of hydrogen-bond acceptors (Lipinski definition) is 4. The van der Waals surface area contributed by atoms with Gasteiger partial charge in [0.15, 0.2) is 17.5 Å². The van der Waals surface area contributed by atoms with Gasteiger partial charge in [-0.3, -0.25) is 0 Å². The molecule has 4 nitrogen and oxygen atoms in total. The van der Waals surface area contributed by atoms with Crippen LogP contribution in [0, 0.1) is 29.4 Å². The lowest BCUT2D eigenvalue weighted by Crippen LogP contribution is -2.31. The van der Waals surface area contributed by atoms with Crippen LogP contribution in [0.15, 0.2) is 30.6 Å². The van der Waals surface area contributed by atoms with E-state index < -0.39 is 17.9 Å². The SMILES string of the molecule is CCCC[C@H]1CO[C@H](C#Cc2cnc(-c3ccc(F)c(F)c3)nc2)OC1. The van der Waals surface area contributed by atoms with Crippen molar-refractivity contribution in [2.45, 2.75) is 32.5 Å². The van der Waals surface area contributed by atoms with Gasteiger partial charge in [-0.05, 0) is 30.5 Å². The van der Waals surface area contributed by atoms with Crippen molar-refractivity contribution in [2.75, 3.05) is 13.2 Å². The van der Waals surface area contributed by atoms with Crippen LogP contribution in [0.3, 0.4) is 0 Å². The van der Waals surface area contributed by atoms with Gasteiger partial charge >= 0.3 is 0 Å². The van der Waals surface area contributed by atoms with Gasteiger partial charge in [0.1, 0.15) is 0 Å². The molecule has 2 heterocycles. The third-order valence-corrected chi connectivity index (χ3v) is 4.10. The zero-order valence-corrected chi connectivity index (χ0v) is 14.5. The summed E-state index contributed by atoms with van der Waals surface area (Å²) in [5.41, 5.74) is 0.997. The van der Waals surface area contributed by atoms with E-state index in [2.05, 4.69) is 28.7 Å². The summed E-state index contributed by atoms with van der Waals surface area (Å²) in [6.07, 6.45) is 5.97. The third-order valence-electron chi connectivity index (χ3n) is 4.10. The first-order valence-corrected chi connectivity index (χ1v) is 8.68. The van der Waals surface area contributed by atoms with E-state index in [9.17, 15) is 8.78 Å². The molecule has 136 valence electrons. The van der Waals surface area contributed by atoms with Gasteiger partial charge in [0, 0.05) is 23.9 Å². The van der Waals surface area contributed by atoms with Crippen LogP contribution in [0.2, 0.25) is 0 Å². The molecule has 0 aliphatic carbocycles. The molecule has 2 aromatic rings. The van der Waals surface area contributed by atoms with Gasteiger partial charge in [0.2, 0.25) is 6.29 Å². The summed E-state index contributed by atoms with van der Waals surface area (Å²) >= 11 is 0. The second-order valence-electron chi connectivity index (χ2n) is 6.20. The van der Waals surface area contributed by atoms with Crippen molar-refractivity contribution in [1.29, 1.82) is 0 Å². The average molecular weight is 358 g/mol. The van der Waals surface area contributed by atoms with Crippen LogP contribution in [-0.4, -0.2) is 29.5 Å². The predicted octanol–water partition coefficient (Wildman–Crippen LogP) is 3.95. The highest BCUT2D eigenvalue weighted by molar-refractivity contribution is 5.55. The van der Waals surface area contributed by atoms with E-state index >= 15 is 0 Å². The summed E-state index contributed by atoms with van der Waals surface area (Å²) in [6, 6.07) is 3.54. The molecular weight excluding hydrogens is 338 g/mol. The first-order chi connectivity index (χ1) is 12.7. The van der Waals surface area contributed by atoms with Crippen molar-refractivity contribution in [3.8, 4) is 23.2 Å². The molecule has 0 spiro atoms. The van der Waals surface area contributed by atoms with Crippen molar-refractivity contribution >= 4 is 0 Å². The van der Waals surface area contributed by atoms with Crippen LogP contribution in [-0.2, 0) is 9.47 Å². The van der Waals surface area contributed by atoms with Crippen LogP contribution in [0.1, 0.15) is 31.7 Å². The number of hydrogen-bond donors (Lipinski definition) is 0. The van der Waals surface area contributed by atoms with Gasteiger partial charge in [-0.2, -0.15) is 0 Å². The van der Waals surface area contributed by atoms with E-state index in [-0.39, 0.29) is 0 Å². The highest BCUT2D eigenvalue weighted by Gasteiger charge is 2.20. The minimum Gasteiger partial charge on any atom is -0.342 e. The minimum atomic E-state index is -0.932.